The molecule has 3 heteroatoms. The van der Waals surface area contributed by atoms with Crippen LogP contribution in [-0.4, -0.2) is 17.1 Å². The summed E-state index contributed by atoms with van der Waals surface area (Å²) in [5.41, 5.74) is 2.39. The molecule has 3 nitrogen and oxygen atoms in total. The summed E-state index contributed by atoms with van der Waals surface area (Å²) in [5.74, 6) is 0.812. The van der Waals surface area contributed by atoms with E-state index in [1.807, 2.05) is 0 Å². The lowest BCUT2D eigenvalue weighted by atomic mass is 10.2. The van der Waals surface area contributed by atoms with Crippen LogP contribution in [0.3, 0.4) is 0 Å². The second kappa shape index (κ2) is 6.90. The predicted molar refractivity (Wildman–Crippen MR) is 78.5 cm³/mol. The lowest BCUT2D eigenvalue weighted by molar-refractivity contribution is 0.200. The first-order valence-corrected chi connectivity index (χ1v) is 7.57. The van der Waals surface area contributed by atoms with Crippen LogP contribution in [0.2, 0.25) is 0 Å². The number of pyridine rings is 1. The van der Waals surface area contributed by atoms with Gasteiger partial charge in [-0.05, 0) is 43.7 Å². The van der Waals surface area contributed by atoms with Crippen molar-refractivity contribution in [3.63, 3.8) is 0 Å². The van der Waals surface area contributed by atoms with Crippen LogP contribution >= 0.6 is 0 Å². The average molecular weight is 262 g/mol. The standard InChI is InChI=1S/C16H26N2O/c1-4-14-9-13(11-17-12(2)3)10-16(18-14)19-15-7-5-6-8-15/h9-10,12,15,17H,4-8,11H2,1-3H3. The van der Waals surface area contributed by atoms with Gasteiger partial charge >= 0.3 is 0 Å². The van der Waals surface area contributed by atoms with Crippen molar-refractivity contribution in [1.29, 1.82) is 0 Å². The minimum Gasteiger partial charge on any atom is -0.474 e. The third-order valence-electron chi connectivity index (χ3n) is 3.58. The molecule has 0 saturated heterocycles. The van der Waals surface area contributed by atoms with Gasteiger partial charge in [-0.15, -0.1) is 0 Å². The summed E-state index contributed by atoms with van der Waals surface area (Å²) in [6, 6.07) is 4.77. The van der Waals surface area contributed by atoms with E-state index in [1.54, 1.807) is 0 Å². The van der Waals surface area contributed by atoms with Crippen molar-refractivity contribution in [1.82, 2.24) is 10.3 Å². The van der Waals surface area contributed by atoms with Gasteiger partial charge in [0.15, 0.2) is 0 Å². The molecule has 0 spiro atoms. The summed E-state index contributed by atoms with van der Waals surface area (Å²) in [7, 11) is 0. The number of ether oxygens (including phenoxy) is 1. The van der Waals surface area contributed by atoms with E-state index in [0.29, 0.717) is 12.1 Å². The smallest absolute Gasteiger partial charge is 0.214 e. The van der Waals surface area contributed by atoms with Gasteiger partial charge in [0, 0.05) is 24.3 Å². The quantitative estimate of drug-likeness (QED) is 0.852. The molecule has 0 bridgehead atoms. The van der Waals surface area contributed by atoms with Crippen molar-refractivity contribution >= 4 is 0 Å². The number of aromatic nitrogens is 1. The minimum atomic E-state index is 0.380. The third-order valence-corrected chi connectivity index (χ3v) is 3.58. The Hall–Kier alpha value is -1.09. The molecule has 0 aliphatic heterocycles. The van der Waals surface area contributed by atoms with Crippen LogP contribution in [0.5, 0.6) is 5.88 Å². The highest BCUT2D eigenvalue weighted by atomic mass is 16.5. The van der Waals surface area contributed by atoms with E-state index in [-0.39, 0.29) is 0 Å². The molecule has 1 aliphatic rings. The molecular formula is C16H26N2O. The second-order valence-corrected chi connectivity index (χ2v) is 5.72. The maximum atomic E-state index is 6.03. The third kappa shape index (κ3) is 4.50. The van der Waals surface area contributed by atoms with Gasteiger partial charge in [-0.25, -0.2) is 4.98 Å². The average Bonchev–Trinajstić information content (AvgIpc) is 2.89. The van der Waals surface area contributed by atoms with Gasteiger partial charge < -0.3 is 10.1 Å². The Labute approximate surface area is 116 Å². The van der Waals surface area contributed by atoms with E-state index in [2.05, 4.69) is 43.2 Å². The van der Waals surface area contributed by atoms with Crippen molar-refractivity contribution in [2.24, 2.45) is 0 Å². The first kappa shape index (κ1) is 14.3. The predicted octanol–water partition coefficient (Wildman–Crippen LogP) is 3.46. The van der Waals surface area contributed by atoms with E-state index in [1.165, 1.54) is 31.2 Å². The molecule has 0 amide bonds. The Morgan fingerprint density at radius 1 is 1.32 bits per heavy atom. The Bertz CT molecular complexity index is 398. The Balaban J connectivity index is 2.05. The van der Waals surface area contributed by atoms with Crippen LogP contribution in [0, 0.1) is 0 Å². The normalized spacial score (nSPS) is 16.2. The molecule has 106 valence electrons. The van der Waals surface area contributed by atoms with Gasteiger partial charge in [-0.1, -0.05) is 20.8 Å². The SMILES string of the molecule is CCc1cc(CNC(C)C)cc(OC2CCCC2)n1. The first-order chi connectivity index (χ1) is 9.17. The lowest BCUT2D eigenvalue weighted by Gasteiger charge is -2.15. The fraction of sp³-hybridized carbons (Fsp3) is 0.688. The monoisotopic (exact) mass is 262 g/mol. The molecule has 19 heavy (non-hydrogen) atoms. The molecule has 1 saturated carbocycles. The van der Waals surface area contributed by atoms with Crippen LogP contribution in [0.1, 0.15) is 57.7 Å². The van der Waals surface area contributed by atoms with Crippen molar-refractivity contribution < 1.29 is 4.74 Å². The number of rotatable bonds is 6. The van der Waals surface area contributed by atoms with Gasteiger partial charge in [0.05, 0.1) is 0 Å². The van der Waals surface area contributed by atoms with Gasteiger partial charge in [-0.2, -0.15) is 0 Å². The molecule has 1 fully saturated rings. The molecule has 1 aliphatic carbocycles. The molecule has 2 rings (SSSR count). The number of hydrogen-bond donors (Lipinski definition) is 1. The maximum absolute atomic E-state index is 6.03. The summed E-state index contributed by atoms with van der Waals surface area (Å²) in [4.78, 5) is 4.59. The molecule has 0 atom stereocenters. The Morgan fingerprint density at radius 2 is 2.05 bits per heavy atom. The summed E-state index contributed by atoms with van der Waals surface area (Å²) >= 11 is 0. The van der Waals surface area contributed by atoms with E-state index in [4.69, 9.17) is 4.74 Å². The fourth-order valence-electron chi connectivity index (χ4n) is 2.46. The fourth-order valence-corrected chi connectivity index (χ4v) is 2.46. The number of hydrogen-bond acceptors (Lipinski definition) is 3. The largest absolute Gasteiger partial charge is 0.474 e. The Kier molecular flexibility index (Phi) is 5.20. The highest BCUT2D eigenvalue weighted by molar-refractivity contribution is 5.25. The van der Waals surface area contributed by atoms with Crippen LogP contribution < -0.4 is 10.1 Å². The topological polar surface area (TPSA) is 34.1 Å². The van der Waals surface area contributed by atoms with E-state index in [0.717, 1.165) is 24.5 Å². The zero-order chi connectivity index (χ0) is 13.7. The summed E-state index contributed by atoms with van der Waals surface area (Å²) in [6.07, 6.45) is 6.27. The van der Waals surface area contributed by atoms with E-state index in [9.17, 15) is 0 Å². The second-order valence-electron chi connectivity index (χ2n) is 5.72. The number of nitrogens with one attached hydrogen (secondary N) is 1. The molecule has 0 aromatic carbocycles. The number of nitrogens with zero attached hydrogens (tertiary/aromatic N) is 1. The molecule has 1 aromatic heterocycles. The molecule has 0 radical (unpaired) electrons. The summed E-state index contributed by atoms with van der Waals surface area (Å²) in [6.45, 7) is 7.35. The van der Waals surface area contributed by atoms with Gasteiger partial charge in [0.2, 0.25) is 5.88 Å². The molecule has 1 N–H and O–H groups in total. The zero-order valence-electron chi connectivity index (χ0n) is 12.4. The van der Waals surface area contributed by atoms with Crippen LogP contribution in [0.15, 0.2) is 12.1 Å². The molecule has 1 heterocycles. The molecular weight excluding hydrogens is 236 g/mol. The highest BCUT2D eigenvalue weighted by Gasteiger charge is 2.17. The first-order valence-electron chi connectivity index (χ1n) is 7.57. The van der Waals surface area contributed by atoms with Crippen LogP contribution in [0.25, 0.3) is 0 Å². The number of aryl methyl sites for hydroxylation is 1. The summed E-state index contributed by atoms with van der Waals surface area (Å²) < 4.78 is 6.03. The van der Waals surface area contributed by atoms with Gasteiger partial charge in [0.25, 0.3) is 0 Å². The highest BCUT2D eigenvalue weighted by Crippen LogP contribution is 2.24. The Morgan fingerprint density at radius 3 is 2.68 bits per heavy atom. The van der Waals surface area contributed by atoms with Crippen LogP contribution in [-0.2, 0) is 13.0 Å². The lowest BCUT2D eigenvalue weighted by Crippen LogP contribution is -2.22. The van der Waals surface area contributed by atoms with Gasteiger partial charge in [-0.3, -0.25) is 0 Å². The van der Waals surface area contributed by atoms with E-state index < -0.39 is 0 Å². The van der Waals surface area contributed by atoms with E-state index >= 15 is 0 Å². The van der Waals surface area contributed by atoms with Crippen molar-refractivity contribution in [2.45, 2.75) is 71.6 Å². The molecule has 1 aromatic rings. The van der Waals surface area contributed by atoms with Crippen molar-refractivity contribution in [3.05, 3.63) is 23.4 Å². The van der Waals surface area contributed by atoms with Gasteiger partial charge in [0.1, 0.15) is 6.10 Å². The molecule has 0 unspecified atom stereocenters. The zero-order valence-corrected chi connectivity index (χ0v) is 12.4. The maximum Gasteiger partial charge on any atom is 0.214 e. The minimum absolute atomic E-state index is 0.380. The van der Waals surface area contributed by atoms with Crippen molar-refractivity contribution in [2.75, 3.05) is 0 Å². The van der Waals surface area contributed by atoms with Crippen molar-refractivity contribution in [3.8, 4) is 5.88 Å². The van der Waals surface area contributed by atoms with Crippen LogP contribution in [0.4, 0.5) is 0 Å². The summed E-state index contributed by atoms with van der Waals surface area (Å²) in [5, 5.41) is 3.45.